The maximum absolute atomic E-state index is 12.8. The van der Waals surface area contributed by atoms with Crippen LogP contribution >= 0.6 is 0 Å². The van der Waals surface area contributed by atoms with Crippen molar-refractivity contribution in [3.8, 4) is 0 Å². The molecular formula is C30H71NO9Si6. The van der Waals surface area contributed by atoms with Crippen LogP contribution < -0.4 is 0 Å². The van der Waals surface area contributed by atoms with Crippen molar-refractivity contribution in [1.82, 2.24) is 4.90 Å². The van der Waals surface area contributed by atoms with Crippen molar-refractivity contribution in [1.29, 1.82) is 0 Å². The van der Waals surface area contributed by atoms with Gasteiger partial charge in [0.1, 0.15) is 0 Å². The monoisotopic (exact) mass is 757 g/mol. The molecule has 0 radical (unpaired) electrons. The molecule has 0 aliphatic heterocycles. The molecule has 0 saturated heterocycles. The van der Waals surface area contributed by atoms with Crippen LogP contribution in [0.1, 0.15) is 33.6 Å². The van der Waals surface area contributed by atoms with Gasteiger partial charge in [0.25, 0.3) is 8.20 Å². The van der Waals surface area contributed by atoms with E-state index >= 15 is 0 Å². The summed E-state index contributed by atoms with van der Waals surface area (Å²) in [7, 11) is -11.8. The number of hydrogen-bond donors (Lipinski definition) is 2. The normalized spacial score (nSPS) is 15.3. The summed E-state index contributed by atoms with van der Waals surface area (Å²) >= 11 is 0. The lowest BCUT2D eigenvalue weighted by Gasteiger charge is -2.38. The lowest BCUT2D eigenvalue weighted by atomic mass is 10.2. The third-order valence-electron chi connectivity index (χ3n) is 6.32. The summed E-state index contributed by atoms with van der Waals surface area (Å²) < 4.78 is 43.4. The Hall–Kier alpha value is 0.0313. The predicted molar refractivity (Wildman–Crippen MR) is 204 cm³/mol. The lowest BCUT2D eigenvalue weighted by molar-refractivity contribution is -0.131. The summed E-state index contributed by atoms with van der Waals surface area (Å²) in [5.74, 6) is -0.338. The molecule has 0 rings (SSSR count). The first kappa shape index (κ1) is 48.1. The van der Waals surface area contributed by atoms with Crippen LogP contribution in [0.2, 0.25) is 90.7 Å². The quantitative estimate of drug-likeness (QED) is 0.0665. The third kappa shape index (κ3) is 24.2. The highest BCUT2D eigenvalue weighted by Gasteiger charge is 2.41. The van der Waals surface area contributed by atoms with Gasteiger partial charge in [-0.2, -0.15) is 0 Å². The fourth-order valence-electron chi connectivity index (χ4n) is 4.96. The van der Waals surface area contributed by atoms with Gasteiger partial charge < -0.3 is 41.4 Å². The average molecular weight is 758 g/mol. The number of amides is 1. The Balaban J connectivity index is 0. The molecule has 1 amide bonds. The third-order valence-corrected chi connectivity index (χ3v) is 29.1. The molecule has 274 valence electrons. The van der Waals surface area contributed by atoms with E-state index in [2.05, 4.69) is 72.0 Å². The number of aliphatic hydroxyl groups is 2. The van der Waals surface area contributed by atoms with Gasteiger partial charge >= 0.3 is 8.56 Å². The van der Waals surface area contributed by atoms with Crippen molar-refractivity contribution in [2.45, 2.75) is 136 Å². The van der Waals surface area contributed by atoms with E-state index in [4.69, 9.17) is 21.8 Å². The molecule has 3 atom stereocenters. The smallest absolute Gasteiger partial charge is 0.314 e. The number of ether oxygens (including phenoxy) is 2. The first-order valence-electron chi connectivity index (χ1n) is 16.9. The summed E-state index contributed by atoms with van der Waals surface area (Å²) in [5.41, 5.74) is 0.321. The molecule has 0 fully saturated rings. The molecule has 46 heavy (non-hydrogen) atoms. The summed E-state index contributed by atoms with van der Waals surface area (Å²) in [5, 5.41) is 21.3. The van der Waals surface area contributed by atoms with Gasteiger partial charge in [-0.25, -0.2) is 0 Å². The number of carbonyl (C=O) groups excluding carboxylic acids is 1. The topological polar surface area (TPSA) is 124 Å². The zero-order chi connectivity index (χ0) is 36.6. The van der Waals surface area contributed by atoms with E-state index in [-0.39, 0.29) is 32.2 Å². The Morgan fingerprint density at radius 2 is 1.11 bits per heavy atom. The van der Waals surface area contributed by atoms with Crippen molar-refractivity contribution in [2.24, 2.45) is 0 Å². The van der Waals surface area contributed by atoms with Crippen LogP contribution in [0.5, 0.6) is 0 Å². The van der Waals surface area contributed by atoms with Crippen molar-refractivity contribution in [3.05, 3.63) is 12.2 Å². The minimum Gasteiger partial charge on any atom is -0.453 e. The largest absolute Gasteiger partial charge is 0.453 e. The molecule has 0 saturated carbocycles. The number of nitrogens with zero attached hydrogens (tertiary/aromatic N) is 1. The van der Waals surface area contributed by atoms with Crippen LogP contribution in [0.25, 0.3) is 0 Å². The lowest BCUT2D eigenvalue weighted by Crippen LogP contribution is -2.52. The highest BCUT2D eigenvalue weighted by molar-refractivity contribution is 7.25. The maximum atomic E-state index is 12.8. The highest BCUT2D eigenvalue weighted by atomic mass is 29.2. The Kier molecular flexibility index (Phi) is 23.0. The zero-order valence-electron chi connectivity index (χ0n) is 32.1. The van der Waals surface area contributed by atoms with Gasteiger partial charge in [0, 0.05) is 31.9 Å². The number of hydrogen-bond acceptors (Lipinski definition) is 9. The highest BCUT2D eigenvalue weighted by Crippen LogP contribution is 2.25. The average Bonchev–Trinajstić information content (AvgIpc) is 2.85. The second-order valence-electron chi connectivity index (χ2n) is 15.2. The van der Waals surface area contributed by atoms with E-state index < -0.39 is 61.8 Å². The van der Waals surface area contributed by atoms with E-state index in [1.54, 1.807) is 13.5 Å². The van der Waals surface area contributed by atoms with E-state index in [9.17, 15) is 19.5 Å². The molecule has 16 heteroatoms. The summed E-state index contributed by atoms with van der Waals surface area (Å²) in [6, 6.07) is 1.56. The second-order valence-corrected chi connectivity index (χ2v) is 42.5. The minimum atomic E-state index is -2.35. The molecule has 0 aliphatic carbocycles. The number of aliphatic hydroxyl groups excluding tert-OH is 2. The van der Waals surface area contributed by atoms with Crippen molar-refractivity contribution < 1.29 is 41.3 Å². The van der Waals surface area contributed by atoms with E-state index in [1.165, 1.54) is 4.90 Å². The fourth-order valence-corrected chi connectivity index (χ4v) is 30.7. The summed E-state index contributed by atoms with van der Waals surface area (Å²) in [4.78, 5) is 14.2. The molecule has 0 aromatic carbocycles. The van der Waals surface area contributed by atoms with Crippen LogP contribution in [0, 0.1) is 0 Å². The minimum absolute atomic E-state index is 0.00261. The molecule has 10 nitrogen and oxygen atoms in total. The second kappa shape index (κ2) is 22.0. The van der Waals surface area contributed by atoms with Gasteiger partial charge in [0.2, 0.25) is 13.7 Å². The Labute approximate surface area is 288 Å². The van der Waals surface area contributed by atoms with Crippen molar-refractivity contribution in [3.63, 3.8) is 0 Å². The molecule has 0 aliphatic rings. The van der Waals surface area contributed by atoms with Gasteiger partial charge in [0.05, 0.1) is 25.4 Å². The van der Waals surface area contributed by atoms with Gasteiger partial charge in [0.15, 0.2) is 25.0 Å². The SMILES string of the molecule is C=C(C)C(=O)N(CC(O)COCCC[Si](C)(O[Si](C)(C)C)O[Si](C)(C)C)CC(O)COCCC[Si](C)(O[Si](C)(C)C)[Si](C)=O.CC. The van der Waals surface area contributed by atoms with Gasteiger partial charge in [-0.1, -0.05) is 20.4 Å². The molecule has 0 spiro atoms. The summed E-state index contributed by atoms with van der Waals surface area (Å²) in [6.45, 7) is 35.7. The standard InChI is InChI=1S/C28H65NO9Si6.C2H6/c1-25(2)28(32)29(22-27(31)24-35-18-16-20-44(14,39(3)33)38-42(10,11)12)21-26(30)23-34-17-15-19-43(13,36-40(4,5)6)37-41(7,8)9;1-2/h26-27,30-31H,1,15-24H2,2-14H3;1-2H3. The molecule has 0 aromatic rings. The van der Waals surface area contributed by atoms with Crippen LogP contribution in [0.15, 0.2) is 12.2 Å². The number of rotatable bonds is 24. The molecule has 0 heterocycles. The molecule has 2 N–H and O–H groups in total. The Bertz CT molecular complexity index is 893. The first-order chi connectivity index (χ1) is 20.8. The Morgan fingerprint density at radius 1 is 0.739 bits per heavy atom. The van der Waals surface area contributed by atoms with E-state index in [0.717, 1.165) is 18.5 Å². The fraction of sp³-hybridized carbons (Fsp3) is 0.900. The summed E-state index contributed by atoms with van der Waals surface area (Å²) in [6.07, 6.45) is -0.391. The molecular weight excluding hydrogens is 687 g/mol. The van der Waals surface area contributed by atoms with Gasteiger partial charge in [-0.05, 0) is 110 Å². The van der Waals surface area contributed by atoms with Gasteiger partial charge in [-0.15, -0.1) is 0 Å². The molecule has 0 aromatic heterocycles. The zero-order valence-corrected chi connectivity index (χ0v) is 38.1. The van der Waals surface area contributed by atoms with Crippen molar-refractivity contribution in [2.75, 3.05) is 39.5 Å². The molecule has 3 unspecified atom stereocenters. The van der Waals surface area contributed by atoms with Crippen molar-refractivity contribution >= 4 is 55.5 Å². The van der Waals surface area contributed by atoms with Crippen LogP contribution in [0.4, 0.5) is 0 Å². The van der Waals surface area contributed by atoms with E-state index in [1.807, 2.05) is 20.4 Å². The van der Waals surface area contributed by atoms with Crippen LogP contribution in [-0.2, 0) is 31.1 Å². The van der Waals surface area contributed by atoms with Crippen LogP contribution in [-0.4, -0.2) is 122 Å². The van der Waals surface area contributed by atoms with Gasteiger partial charge in [-0.3, -0.25) is 4.79 Å². The molecule has 0 bridgehead atoms. The first-order valence-corrected chi connectivity index (χ1v) is 35.1. The maximum Gasteiger partial charge on any atom is 0.314 e. The predicted octanol–water partition coefficient (Wildman–Crippen LogP) is 6.28. The van der Waals surface area contributed by atoms with E-state index in [0.29, 0.717) is 25.2 Å². The Morgan fingerprint density at radius 3 is 1.43 bits per heavy atom. The number of carbonyl (C=O) groups is 1. The van der Waals surface area contributed by atoms with Crippen LogP contribution in [0.3, 0.4) is 0 Å².